The first-order valence-electron chi connectivity index (χ1n) is 11.7. The van der Waals surface area contributed by atoms with Crippen molar-refractivity contribution in [3.63, 3.8) is 0 Å². The van der Waals surface area contributed by atoms with Crippen LogP contribution in [0.4, 0.5) is 0 Å². The van der Waals surface area contributed by atoms with Crippen LogP contribution >= 0.6 is 24.4 Å². The Hall–Kier alpha value is -0.0462. The summed E-state index contributed by atoms with van der Waals surface area (Å²) in [5.74, 6) is 5.33. The predicted molar refractivity (Wildman–Crippen MR) is 142 cm³/mol. The zero-order chi connectivity index (χ0) is 21.8. The summed E-state index contributed by atoms with van der Waals surface area (Å²) in [7, 11) is -3.47. The molecule has 29 heavy (non-hydrogen) atoms. The molecule has 2 nitrogen and oxygen atoms in total. The largest absolute Gasteiger partial charge is 0.541 e. The fraction of sp³-hybridized carbons (Fsp3) is 0.739. The molecule has 0 saturated heterocycles. The SMILES string of the molecule is CC[Si](CC)(CC)Oc1ccc(CCCSCCS)cc1O[Si](CC)(CC)CC. The molecule has 0 aliphatic rings. The third kappa shape index (κ3) is 8.19. The molecule has 0 radical (unpaired) electrons. The Morgan fingerprint density at radius 3 is 1.76 bits per heavy atom. The number of hydrogen-bond acceptors (Lipinski definition) is 4. The van der Waals surface area contributed by atoms with Crippen LogP contribution in [0.5, 0.6) is 11.5 Å². The van der Waals surface area contributed by atoms with Crippen molar-refractivity contribution in [2.24, 2.45) is 0 Å². The molecule has 0 heterocycles. The van der Waals surface area contributed by atoms with Gasteiger partial charge in [0.2, 0.25) is 0 Å². The normalized spacial score (nSPS) is 12.2. The number of hydrogen-bond donors (Lipinski definition) is 1. The fourth-order valence-corrected chi connectivity index (χ4v) is 10.0. The summed E-state index contributed by atoms with van der Waals surface area (Å²) in [5, 5.41) is 0. The number of benzene rings is 1. The first-order chi connectivity index (χ1) is 14.0. The van der Waals surface area contributed by atoms with Gasteiger partial charge in [0.15, 0.2) is 0 Å². The van der Waals surface area contributed by atoms with Gasteiger partial charge in [-0.25, -0.2) is 0 Å². The number of thioether (sulfide) groups is 1. The van der Waals surface area contributed by atoms with Gasteiger partial charge in [-0.3, -0.25) is 0 Å². The van der Waals surface area contributed by atoms with E-state index in [9.17, 15) is 0 Å². The molecule has 0 atom stereocenters. The lowest BCUT2D eigenvalue weighted by Crippen LogP contribution is -2.41. The predicted octanol–water partition coefficient (Wildman–Crippen LogP) is 8.05. The van der Waals surface area contributed by atoms with Crippen LogP contribution in [0.25, 0.3) is 0 Å². The highest BCUT2D eigenvalue weighted by Crippen LogP contribution is 2.37. The van der Waals surface area contributed by atoms with Crippen LogP contribution in [-0.2, 0) is 6.42 Å². The molecule has 0 bridgehead atoms. The third-order valence-electron chi connectivity index (χ3n) is 6.52. The molecule has 0 N–H and O–H groups in total. The maximum Gasteiger partial charge on any atom is 0.250 e. The van der Waals surface area contributed by atoms with Gasteiger partial charge in [0.25, 0.3) is 16.6 Å². The summed E-state index contributed by atoms with van der Waals surface area (Å²) in [6.45, 7) is 13.8. The first-order valence-corrected chi connectivity index (χ1v) is 18.5. The molecule has 1 aromatic rings. The number of thiol groups is 1. The summed E-state index contributed by atoms with van der Waals surface area (Å²) < 4.78 is 13.7. The van der Waals surface area contributed by atoms with Crippen molar-refractivity contribution in [1.29, 1.82) is 0 Å². The van der Waals surface area contributed by atoms with Crippen LogP contribution in [0.3, 0.4) is 0 Å². The van der Waals surface area contributed by atoms with Gasteiger partial charge < -0.3 is 8.85 Å². The van der Waals surface area contributed by atoms with Crippen LogP contribution in [0.15, 0.2) is 18.2 Å². The van der Waals surface area contributed by atoms with Crippen molar-refractivity contribution in [1.82, 2.24) is 0 Å². The van der Waals surface area contributed by atoms with Crippen molar-refractivity contribution in [2.45, 2.75) is 90.6 Å². The molecular formula is C23H44O2S2Si2. The van der Waals surface area contributed by atoms with Crippen molar-refractivity contribution < 1.29 is 8.85 Å². The monoisotopic (exact) mass is 472 g/mol. The van der Waals surface area contributed by atoms with Crippen LogP contribution in [0, 0.1) is 0 Å². The molecule has 0 fully saturated rings. The topological polar surface area (TPSA) is 18.5 Å². The van der Waals surface area contributed by atoms with Gasteiger partial charge in [0, 0.05) is 5.75 Å². The highest BCUT2D eigenvalue weighted by atomic mass is 32.2. The highest BCUT2D eigenvalue weighted by molar-refractivity contribution is 7.99. The van der Waals surface area contributed by atoms with E-state index in [1.54, 1.807) is 0 Å². The van der Waals surface area contributed by atoms with E-state index < -0.39 is 16.6 Å². The van der Waals surface area contributed by atoms with E-state index in [1.807, 2.05) is 11.8 Å². The lowest BCUT2D eigenvalue weighted by molar-refractivity contribution is 0.467. The van der Waals surface area contributed by atoms with Crippen LogP contribution in [0.2, 0.25) is 36.3 Å². The van der Waals surface area contributed by atoms with Crippen LogP contribution in [0.1, 0.15) is 53.5 Å². The van der Waals surface area contributed by atoms with Gasteiger partial charge >= 0.3 is 0 Å². The second-order valence-electron chi connectivity index (χ2n) is 7.91. The molecule has 0 spiro atoms. The lowest BCUT2D eigenvalue weighted by Gasteiger charge is -2.34. The standard InChI is InChI=1S/C23H44O2S2Si2/c1-7-28(8-2,9-3)24-22-16-15-21(14-13-18-27-19-17-26)20-23(22)25-29(10-4,11-5)12-6/h15-16,20,26H,7-14,17-19H2,1-6H3. The maximum absolute atomic E-state index is 6.87. The Morgan fingerprint density at radius 2 is 1.28 bits per heavy atom. The molecule has 0 saturated carbocycles. The molecule has 1 aromatic carbocycles. The molecular weight excluding hydrogens is 429 g/mol. The van der Waals surface area contributed by atoms with Crippen LogP contribution < -0.4 is 8.85 Å². The van der Waals surface area contributed by atoms with E-state index in [4.69, 9.17) is 8.85 Å². The van der Waals surface area contributed by atoms with Gasteiger partial charge in [0.05, 0.1) is 0 Å². The van der Waals surface area contributed by atoms with E-state index in [-0.39, 0.29) is 0 Å². The fourth-order valence-electron chi connectivity index (χ4n) is 3.82. The third-order valence-corrected chi connectivity index (χ3v) is 17.2. The van der Waals surface area contributed by atoms with Gasteiger partial charge in [-0.15, -0.1) is 0 Å². The Kier molecular flexibility index (Phi) is 13.1. The molecule has 0 unspecified atom stereocenters. The molecule has 0 aliphatic heterocycles. The highest BCUT2D eigenvalue weighted by Gasteiger charge is 2.35. The van der Waals surface area contributed by atoms with E-state index in [0.29, 0.717) is 0 Å². The van der Waals surface area contributed by atoms with Crippen molar-refractivity contribution in [2.75, 3.05) is 17.3 Å². The van der Waals surface area contributed by atoms with E-state index in [0.717, 1.165) is 65.7 Å². The van der Waals surface area contributed by atoms with E-state index in [1.165, 1.54) is 17.7 Å². The average molecular weight is 473 g/mol. The summed E-state index contributed by atoms with van der Waals surface area (Å²) in [4.78, 5) is 0. The minimum atomic E-state index is -1.74. The molecule has 0 amide bonds. The Bertz CT molecular complexity index is 559. The zero-order valence-electron chi connectivity index (χ0n) is 19.7. The first kappa shape index (κ1) is 27.0. The second-order valence-corrected chi connectivity index (χ2v) is 19.0. The molecule has 0 aromatic heterocycles. The van der Waals surface area contributed by atoms with Crippen molar-refractivity contribution in [3.05, 3.63) is 23.8 Å². The Balaban J connectivity index is 3.12. The average Bonchev–Trinajstić information content (AvgIpc) is 2.77. The molecule has 0 aliphatic carbocycles. The smallest absolute Gasteiger partial charge is 0.250 e. The quantitative estimate of drug-likeness (QED) is 0.149. The minimum Gasteiger partial charge on any atom is -0.541 e. The van der Waals surface area contributed by atoms with Crippen LogP contribution in [-0.4, -0.2) is 33.9 Å². The molecule has 168 valence electrons. The van der Waals surface area contributed by atoms with Gasteiger partial charge in [0.1, 0.15) is 11.5 Å². The Morgan fingerprint density at radius 1 is 0.759 bits per heavy atom. The summed E-state index contributed by atoms with van der Waals surface area (Å²) in [6.07, 6.45) is 2.31. The summed E-state index contributed by atoms with van der Waals surface area (Å²) in [5.41, 5.74) is 1.38. The molecule has 1 rings (SSSR count). The number of aryl methyl sites for hydroxylation is 1. The van der Waals surface area contributed by atoms with Crippen molar-refractivity contribution in [3.8, 4) is 11.5 Å². The molecule has 6 heteroatoms. The van der Waals surface area contributed by atoms with E-state index in [2.05, 4.69) is 72.4 Å². The Labute approximate surface area is 192 Å². The van der Waals surface area contributed by atoms with Crippen molar-refractivity contribution >= 4 is 41.0 Å². The van der Waals surface area contributed by atoms with Gasteiger partial charge in [-0.2, -0.15) is 24.4 Å². The second kappa shape index (κ2) is 14.1. The van der Waals surface area contributed by atoms with Gasteiger partial charge in [-0.1, -0.05) is 47.6 Å². The summed E-state index contributed by atoms with van der Waals surface area (Å²) in [6, 6.07) is 13.7. The van der Waals surface area contributed by atoms with E-state index >= 15 is 0 Å². The maximum atomic E-state index is 6.87. The zero-order valence-corrected chi connectivity index (χ0v) is 23.4. The lowest BCUT2D eigenvalue weighted by atomic mass is 10.1. The number of rotatable bonds is 16. The van der Waals surface area contributed by atoms with Gasteiger partial charge in [-0.05, 0) is 78.3 Å². The summed E-state index contributed by atoms with van der Waals surface area (Å²) >= 11 is 6.30. The minimum absolute atomic E-state index is 0.963.